The van der Waals surface area contributed by atoms with Gasteiger partial charge < -0.3 is 14.7 Å². The van der Waals surface area contributed by atoms with Crippen LogP contribution in [0.15, 0.2) is 0 Å². The molecule has 4 nitrogen and oxygen atoms in total. The number of aliphatic hydroxyl groups is 1. The van der Waals surface area contributed by atoms with Gasteiger partial charge in [0.25, 0.3) is 0 Å². The van der Waals surface area contributed by atoms with Gasteiger partial charge in [0.15, 0.2) is 0 Å². The average Bonchev–Trinajstić information content (AvgIpc) is 2.97. The second kappa shape index (κ2) is 6.73. The first-order valence-electron chi connectivity index (χ1n) is 8.46. The number of likely N-dealkylation sites (tertiary alicyclic amines) is 1. The molecule has 1 unspecified atom stereocenters. The molecule has 0 aromatic heterocycles. The summed E-state index contributed by atoms with van der Waals surface area (Å²) in [5.74, 6) is 0. The van der Waals surface area contributed by atoms with Gasteiger partial charge >= 0.3 is 0 Å². The zero-order valence-electron chi connectivity index (χ0n) is 12.7. The summed E-state index contributed by atoms with van der Waals surface area (Å²) in [7, 11) is 0. The summed E-state index contributed by atoms with van der Waals surface area (Å²) >= 11 is 0. The molecule has 1 aliphatic carbocycles. The molecule has 3 aliphatic rings. The number of morpholine rings is 1. The highest BCUT2D eigenvalue weighted by Crippen LogP contribution is 2.37. The van der Waals surface area contributed by atoms with Crippen LogP contribution in [-0.4, -0.2) is 73.5 Å². The van der Waals surface area contributed by atoms with Gasteiger partial charge in [-0.2, -0.15) is 0 Å². The summed E-state index contributed by atoms with van der Waals surface area (Å²) in [6.45, 7) is 7.91. The predicted octanol–water partition coefficient (Wildman–Crippen LogP) is 1.34. The summed E-state index contributed by atoms with van der Waals surface area (Å²) in [5.41, 5.74) is 0.206. The summed E-state index contributed by atoms with van der Waals surface area (Å²) < 4.78 is 5.45. The van der Waals surface area contributed by atoms with Crippen molar-refractivity contribution >= 4 is 0 Å². The lowest BCUT2D eigenvalue weighted by Crippen LogP contribution is -2.46. The quantitative estimate of drug-likeness (QED) is 0.844. The van der Waals surface area contributed by atoms with Gasteiger partial charge in [-0.1, -0.05) is 19.3 Å². The second-order valence-corrected chi connectivity index (χ2v) is 7.04. The molecule has 0 bridgehead atoms. The third-order valence-electron chi connectivity index (χ3n) is 5.62. The van der Waals surface area contributed by atoms with Crippen LogP contribution in [0.2, 0.25) is 0 Å². The van der Waals surface area contributed by atoms with Crippen LogP contribution in [0, 0.1) is 5.41 Å². The Bertz CT molecular complexity index is 299. The Morgan fingerprint density at radius 1 is 1.05 bits per heavy atom. The number of rotatable bonds is 4. The number of aliphatic hydroxyl groups excluding tert-OH is 1. The van der Waals surface area contributed by atoms with E-state index in [-0.39, 0.29) is 5.41 Å². The highest BCUT2D eigenvalue weighted by molar-refractivity contribution is 4.90. The number of hydrogen-bond donors (Lipinski definition) is 1. The Hall–Kier alpha value is -0.160. The van der Waals surface area contributed by atoms with Gasteiger partial charge in [-0.05, 0) is 25.8 Å². The van der Waals surface area contributed by atoms with Crippen LogP contribution in [0.3, 0.4) is 0 Å². The van der Waals surface area contributed by atoms with Crippen LogP contribution in [0.1, 0.15) is 38.5 Å². The maximum Gasteiger partial charge on any atom is 0.0594 e. The molecule has 4 heteroatoms. The van der Waals surface area contributed by atoms with Crippen molar-refractivity contribution in [2.24, 2.45) is 5.41 Å². The monoisotopic (exact) mass is 282 g/mol. The van der Waals surface area contributed by atoms with E-state index in [2.05, 4.69) is 9.80 Å². The van der Waals surface area contributed by atoms with Gasteiger partial charge in [-0.15, -0.1) is 0 Å². The van der Waals surface area contributed by atoms with Gasteiger partial charge in [0, 0.05) is 44.2 Å². The molecule has 3 rings (SSSR count). The van der Waals surface area contributed by atoms with Gasteiger partial charge in [0.1, 0.15) is 0 Å². The lowest BCUT2D eigenvalue weighted by atomic mass is 9.74. The Morgan fingerprint density at radius 2 is 1.80 bits per heavy atom. The molecule has 1 N–H and O–H groups in total. The van der Waals surface area contributed by atoms with Crippen molar-refractivity contribution in [2.45, 2.75) is 44.6 Å². The molecule has 0 amide bonds. The molecule has 0 aromatic carbocycles. The van der Waals surface area contributed by atoms with Gasteiger partial charge in [0.2, 0.25) is 0 Å². The van der Waals surface area contributed by atoms with E-state index >= 15 is 0 Å². The van der Waals surface area contributed by atoms with Crippen molar-refractivity contribution in [1.29, 1.82) is 0 Å². The SMILES string of the molecule is OCC1(CN2CCC(N3CCOCC3)C2)CCCCC1. The number of nitrogens with zero attached hydrogens (tertiary/aromatic N) is 2. The Kier molecular flexibility index (Phi) is 4.97. The van der Waals surface area contributed by atoms with Crippen molar-refractivity contribution < 1.29 is 9.84 Å². The van der Waals surface area contributed by atoms with E-state index < -0.39 is 0 Å². The minimum Gasteiger partial charge on any atom is -0.396 e. The molecule has 20 heavy (non-hydrogen) atoms. The van der Waals surface area contributed by atoms with Crippen molar-refractivity contribution in [2.75, 3.05) is 52.5 Å². The molecule has 0 spiro atoms. The maximum atomic E-state index is 9.86. The molecule has 2 saturated heterocycles. The Labute approximate surface area is 123 Å². The average molecular weight is 282 g/mol. The Morgan fingerprint density at radius 3 is 2.50 bits per heavy atom. The molecule has 0 aromatic rings. The van der Waals surface area contributed by atoms with E-state index in [9.17, 15) is 5.11 Å². The third-order valence-corrected chi connectivity index (χ3v) is 5.62. The lowest BCUT2D eigenvalue weighted by Gasteiger charge is -2.39. The highest BCUT2D eigenvalue weighted by atomic mass is 16.5. The molecule has 2 heterocycles. The normalized spacial score (nSPS) is 32.5. The molecule has 1 saturated carbocycles. The zero-order chi connectivity index (χ0) is 13.8. The molecular formula is C16H30N2O2. The smallest absolute Gasteiger partial charge is 0.0594 e. The van der Waals surface area contributed by atoms with Crippen molar-refractivity contribution in [3.05, 3.63) is 0 Å². The summed E-state index contributed by atoms with van der Waals surface area (Å²) in [4.78, 5) is 5.22. The third kappa shape index (κ3) is 3.35. The van der Waals surface area contributed by atoms with Crippen LogP contribution >= 0.6 is 0 Å². The molecule has 1 atom stereocenters. The van der Waals surface area contributed by atoms with Gasteiger partial charge in [0.05, 0.1) is 13.2 Å². The zero-order valence-corrected chi connectivity index (χ0v) is 12.7. The maximum absolute atomic E-state index is 9.86. The van der Waals surface area contributed by atoms with E-state index in [1.165, 1.54) is 51.6 Å². The summed E-state index contributed by atoms with van der Waals surface area (Å²) in [5, 5.41) is 9.86. The minimum atomic E-state index is 0.206. The first-order valence-corrected chi connectivity index (χ1v) is 8.46. The largest absolute Gasteiger partial charge is 0.396 e. The van der Waals surface area contributed by atoms with Crippen molar-refractivity contribution in [3.63, 3.8) is 0 Å². The molecule has 116 valence electrons. The molecule has 3 fully saturated rings. The van der Waals surface area contributed by atoms with Crippen LogP contribution < -0.4 is 0 Å². The summed E-state index contributed by atoms with van der Waals surface area (Å²) in [6.07, 6.45) is 7.71. The van der Waals surface area contributed by atoms with Crippen LogP contribution in [-0.2, 0) is 4.74 Å². The standard InChI is InChI=1S/C16H30N2O2/c19-14-16(5-2-1-3-6-16)13-17-7-4-15(12-17)18-8-10-20-11-9-18/h15,19H,1-14H2. The fourth-order valence-electron chi connectivity index (χ4n) is 4.34. The van der Waals surface area contributed by atoms with Crippen LogP contribution in [0.5, 0.6) is 0 Å². The fraction of sp³-hybridized carbons (Fsp3) is 1.00. The van der Waals surface area contributed by atoms with Crippen molar-refractivity contribution in [1.82, 2.24) is 9.80 Å². The van der Waals surface area contributed by atoms with Crippen molar-refractivity contribution in [3.8, 4) is 0 Å². The number of ether oxygens (including phenoxy) is 1. The molecule has 0 radical (unpaired) electrons. The predicted molar refractivity (Wildman–Crippen MR) is 79.8 cm³/mol. The lowest BCUT2D eigenvalue weighted by molar-refractivity contribution is 0.0141. The van der Waals surface area contributed by atoms with Crippen LogP contribution in [0.4, 0.5) is 0 Å². The molecular weight excluding hydrogens is 252 g/mol. The highest BCUT2D eigenvalue weighted by Gasteiger charge is 2.36. The second-order valence-electron chi connectivity index (χ2n) is 7.04. The summed E-state index contributed by atoms with van der Waals surface area (Å²) in [6, 6.07) is 0.721. The van der Waals surface area contributed by atoms with E-state index in [4.69, 9.17) is 4.74 Å². The first kappa shape index (κ1) is 14.8. The van der Waals surface area contributed by atoms with Crippen LogP contribution in [0.25, 0.3) is 0 Å². The Balaban J connectivity index is 1.51. The first-order chi connectivity index (χ1) is 9.81. The fourth-order valence-corrected chi connectivity index (χ4v) is 4.34. The van der Waals surface area contributed by atoms with Gasteiger partial charge in [-0.25, -0.2) is 0 Å². The van der Waals surface area contributed by atoms with Gasteiger partial charge in [-0.3, -0.25) is 4.90 Å². The van der Waals surface area contributed by atoms with E-state index in [1.54, 1.807) is 0 Å². The molecule has 2 aliphatic heterocycles. The number of hydrogen-bond acceptors (Lipinski definition) is 4. The van der Waals surface area contributed by atoms with E-state index in [1.807, 2.05) is 0 Å². The topological polar surface area (TPSA) is 35.9 Å². The van der Waals surface area contributed by atoms with E-state index in [0.29, 0.717) is 6.61 Å². The van der Waals surface area contributed by atoms with E-state index in [0.717, 1.165) is 38.9 Å². The minimum absolute atomic E-state index is 0.206.